The van der Waals surface area contributed by atoms with Crippen molar-refractivity contribution in [2.45, 2.75) is 58.5 Å². The van der Waals surface area contributed by atoms with E-state index in [4.69, 9.17) is 11.2 Å². The lowest BCUT2D eigenvalue weighted by Crippen LogP contribution is -2.36. The highest BCUT2D eigenvalue weighted by Crippen LogP contribution is 2.35. The fraction of sp³-hybridized carbons (Fsp3) is 0.769. The molecule has 0 bridgehead atoms. The molecule has 1 aliphatic rings. The van der Waals surface area contributed by atoms with Gasteiger partial charge in [0.1, 0.15) is 0 Å². The Balaban J connectivity index is 2.69. The predicted octanol–water partition coefficient (Wildman–Crippen LogP) is 2.91. The Bertz CT molecular complexity index is 277. The summed E-state index contributed by atoms with van der Waals surface area (Å²) in [5.74, 6) is 2.50. The monoisotopic (exact) mass is 208 g/mol. The Hall–Kier alpha value is -0.970. The van der Waals surface area contributed by atoms with Crippen LogP contribution >= 0.6 is 0 Å². The van der Waals surface area contributed by atoms with Crippen LogP contribution in [0.3, 0.4) is 0 Å². The molecule has 0 aromatic heterocycles. The van der Waals surface area contributed by atoms with Crippen molar-refractivity contribution in [3.05, 3.63) is 0 Å². The zero-order valence-electron chi connectivity index (χ0n) is 9.93. The highest BCUT2D eigenvalue weighted by molar-refractivity contribution is 5.76. The van der Waals surface area contributed by atoms with Crippen LogP contribution in [0.5, 0.6) is 0 Å². The van der Waals surface area contributed by atoms with E-state index in [2.05, 4.69) is 5.92 Å². The summed E-state index contributed by atoms with van der Waals surface area (Å²) in [6, 6.07) is 0. The van der Waals surface area contributed by atoms with Gasteiger partial charge in [-0.1, -0.05) is 12.8 Å². The molecule has 0 amide bonds. The van der Waals surface area contributed by atoms with Crippen LogP contribution in [0, 0.1) is 17.8 Å². The molecule has 15 heavy (non-hydrogen) atoms. The van der Waals surface area contributed by atoms with Crippen molar-refractivity contribution in [2.24, 2.45) is 5.41 Å². The lowest BCUT2D eigenvalue weighted by atomic mass is 9.90. The van der Waals surface area contributed by atoms with Crippen LogP contribution in [0.2, 0.25) is 0 Å². The number of terminal acetylenes is 1. The lowest BCUT2D eigenvalue weighted by Gasteiger charge is -2.29. The summed E-state index contributed by atoms with van der Waals surface area (Å²) < 4.78 is 5.53. The molecule has 0 atom stereocenters. The summed E-state index contributed by atoms with van der Waals surface area (Å²) in [6.45, 7) is 5.78. The molecule has 0 saturated heterocycles. The van der Waals surface area contributed by atoms with Gasteiger partial charge in [-0.25, -0.2) is 0 Å². The lowest BCUT2D eigenvalue weighted by molar-refractivity contribution is -0.164. The third-order valence-electron chi connectivity index (χ3n) is 3.40. The average molecular weight is 208 g/mol. The van der Waals surface area contributed by atoms with Gasteiger partial charge in [0, 0.05) is 0 Å². The molecule has 1 saturated carbocycles. The van der Waals surface area contributed by atoms with Gasteiger partial charge in [-0.05, 0) is 46.0 Å². The number of rotatable bonds is 3. The largest absolute Gasteiger partial charge is 0.445 e. The van der Waals surface area contributed by atoms with E-state index in [1.165, 1.54) is 0 Å². The molecule has 1 fully saturated rings. The minimum Gasteiger partial charge on any atom is -0.445 e. The Morgan fingerprint density at radius 3 is 2.40 bits per heavy atom. The first-order valence-electron chi connectivity index (χ1n) is 5.67. The normalized spacial score (nSPS) is 19.6. The molecule has 2 heteroatoms. The van der Waals surface area contributed by atoms with E-state index in [1.807, 2.05) is 20.8 Å². The van der Waals surface area contributed by atoms with Gasteiger partial charge in [0.2, 0.25) is 0 Å². The standard InChI is InChI=1S/C13H20O2/c1-5-12(3,4)11(14)15-13(6-2)9-7-8-10-13/h2H,5,7-10H2,1,3-4H3. The highest BCUT2D eigenvalue weighted by atomic mass is 16.6. The van der Waals surface area contributed by atoms with Crippen molar-refractivity contribution in [3.8, 4) is 12.3 Å². The molecule has 2 nitrogen and oxygen atoms in total. The van der Waals surface area contributed by atoms with Crippen LogP contribution in [0.1, 0.15) is 52.9 Å². The third-order valence-corrected chi connectivity index (χ3v) is 3.40. The molecule has 1 aliphatic carbocycles. The summed E-state index contributed by atoms with van der Waals surface area (Å²) in [7, 11) is 0. The van der Waals surface area contributed by atoms with Gasteiger partial charge in [0.25, 0.3) is 0 Å². The maximum atomic E-state index is 11.9. The summed E-state index contributed by atoms with van der Waals surface area (Å²) in [5.41, 5.74) is -1.03. The molecule has 0 aliphatic heterocycles. The number of esters is 1. The van der Waals surface area contributed by atoms with Gasteiger partial charge in [0.05, 0.1) is 5.41 Å². The van der Waals surface area contributed by atoms with Crippen molar-refractivity contribution >= 4 is 5.97 Å². The predicted molar refractivity (Wildman–Crippen MR) is 60.2 cm³/mol. The second-order valence-corrected chi connectivity index (χ2v) is 4.97. The first-order valence-corrected chi connectivity index (χ1v) is 5.67. The molecule has 0 heterocycles. The zero-order valence-corrected chi connectivity index (χ0v) is 9.93. The molecular weight excluding hydrogens is 188 g/mol. The first-order chi connectivity index (χ1) is 6.96. The quantitative estimate of drug-likeness (QED) is 0.526. The van der Waals surface area contributed by atoms with E-state index in [0.29, 0.717) is 0 Å². The number of carbonyl (C=O) groups excluding carboxylic acids is 1. The first kappa shape index (κ1) is 12.1. The van der Waals surface area contributed by atoms with Crippen LogP contribution in [0.25, 0.3) is 0 Å². The number of carbonyl (C=O) groups is 1. The molecule has 0 aromatic carbocycles. The fourth-order valence-corrected chi connectivity index (χ4v) is 1.68. The van der Waals surface area contributed by atoms with Gasteiger partial charge in [-0.15, -0.1) is 6.42 Å². The second-order valence-electron chi connectivity index (χ2n) is 4.97. The number of ether oxygens (including phenoxy) is 1. The van der Waals surface area contributed by atoms with E-state index in [1.54, 1.807) is 0 Å². The Kier molecular flexibility index (Phi) is 3.44. The van der Waals surface area contributed by atoms with E-state index < -0.39 is 11.0 Å². The smallest absolute Gasteiger partial charge is 0.313 e. The van der Waals surface area contributed by atoms with Gasteiger partial charge >= 0.3 is 5.97 Å². The van der Waals surface area contributed by atoms with Crippen molar-refractivity contribution in [2.75, 3.05) is 0 Å². The second kappa shape index (κ2) is 4.26. The summed E-state index contributed by atoms with van der Waals surface area (Å²) >= 11 is 0. The van der Waals surface area contributed by atoms with Crippen LogP contribution in [0.15, 0.2) is 0 Å². The minimum absolute atomic E-state index is 0.162. The molecule has 84 valence electrons. The van der Waals surface area contributed by atoms with Gasteiger partial charge < -0.3 is 4.74 Å². The molecule has 0 N–H and O–H groups in total. The van der Waals surface area contributed by atoms with Crippen molar-refractivity contribution in [1.29, 1.82) is 0 Å². The molecule has 0 radical (unpaired) electrons. The van der Waals surface area contributed by atoms with E-state index in [-0.39, 0.29) is 5.97 Å². The van der Waals surface area contributed by atoms with Crippen LogP contribution in [0.4, 0.5) is 0 Å². The number of hydrogen-bond donors (Lipinski definition) is 0. The van der Waals surface area contributed by atoms with E-state index in [9.17, 15) is 4.79 Å². The zero-order chi connectivity index (χ0) is 11.5. The fourth-order valence-electron chi connectivity index (χ4n) is 1.68. The van der Waals surface area contributed by atoms with Crippen LogP contribution < -0.4 is 0 Å². The van der Waals surface area contributed by atoms with Crippen LogP contribution in [-0.4, -0.2) is 11.6 Å². The highest BCUT2D eigenvalue weighted by Gasteiger charge is 2.39. The molecule has 0 spiro atoms. The van der Waals surface area contributed by atoms with Crippen molar-refractivity contribution in [1.82, 2.24) is 0 Å². The summed E-state index contributed by atoms with van der Waals surface area (Å²) in [4.78, 5) is 11.9. The molecule has 1 rings (SSSR count). The minimum atomic E-state index is -0.608. The van der Waals surface area contributed by atoms with Gasteiger partial charge in [0.15, 0.2) is 5.60 Å². The topological polar surface area (TPSA) is 26.3 Å². The maximum Gasteiger partial charge on any atom is 0.313 e. The number of hydrogen-bond acceptors (Lipinski definition) is 2. The summed E-state index contributed by atoms with van der Waals surface area (Å²) in [6.07, 6.45) is 9.99. The summed E-state index contributed by atoms with van der Waals surface area (Å²) in [5, 5.41) is 0. The SMILES string of the molecule is C#CC1(OC(=O)C(C)(C)CC)CCCC1. The Morgan fingerprint density at radius 1 is 1.47 bits per heavy atom. The van der Waals surface area contributed by atoms with E-state index in [0.717, 1.165) is 32.1 Å². The molecular formula is C13H20O2. The van der Waals surface area contributed by atoms with E-state index >= 15 is 0 Å². The van der Waals surface area contributed by atoms with Gasteiger partial charge in [-0.2, -0.15) is 0 Å². The van der Waals surface area contributed by atoms with Gasteiger partial charge in [-0.3, -0.25) is 4.79 Å². The molecule has 0 unspecified atom stereocenters. The van der Waals surface area contributed by atoms with Crippen LogP contribution in [-0.2, 0) is 9.53 Å². The average Bonchev–Trinajstić information content (AvgIpc) is 2.67. The van der Waals surface area contributed by atoms with Crippen molar-refractivity contribution in [3.63, 3.8) is 0 Å². The molecule has 0 aromatic rings. The Morgan fingerprint density at radius 2 is 2.00 bits per heavy atom. The third kappa shape index (κ3) is 2.53. The van der Waals surface area contributed by atoms with Crippen molar-refractivity contribution < 1.29 is 9.53 Å². The maximum absolute atomic E-state index is 11.9. The Labute approximate surface area is 92.4 Å².